The number of aromatic carboxylic acids is 1. The van der Waals surface area contributed by atoms with E-state index < -0.39 is 17.5 Å². The zero-order valence-electron chi connectivity index (χ0n) is 29.1. The molecule has 5 aromatic rings. The number of carboxylic acid groups (broad SMARTS) is 1. The molecule has 6 rings (SSSR count). The Labute approximate surface area is 302 Å². The zero-order chi connectivity index (χ0) is 36.3. The van der Waals surface area contributed by atoms with Crippen molar-refractivity contribution in [2.45, 2.75) is 65.5 Å². The number of hydrogen-bond acceptors (Lipinski definition) is 6. The summed E-state index contributed by atoms with van der Waals surface area (Å²) in [5, 5.41) is 15.7. The lowest BCUT2D eigenvalue weighted by Gasteiger charge is -2.30. The van der Waals surface area contributed by atoms with Gasteiger partial charge in [0, 0.05) is 29.2 Å². The number of hydrogen-bond donors (Lipinski definition) is 1. The fourth-order valence-corrected chi connectivity index (χ4v) is 6.42. The first kappa shape index (κ1) is 35.4. The van der Waals surface area contributed by atoms with Crippen LogP contribution in [0.4, 0.5) is 0 Å². The molecule has 0 unspecified atom stereocenters. The van der Waals surface area contributed by atoms with Crippen LogP contribution in [0.25, 0.3) is 16.8 Å². The Kier molecular flexibility index (Phi) is 10.3. The quantitative estimate of drug-likeness (QED) is 0.144. The minimum Gasteiger partial charge on any atom is -0.476 e. The number of halogens is 1. The van der Waals surface area contributed by atoms with Crippen LogP contribution >= 0.6 is 11.6 Å². The molecule has 2 heterocycles. The van der Waals surface area contributed by atoms with Gasteiger partial charge in [-0.2, -0.15) is 5.10 Å². The van der Waals surface area contributed by atoms with E-state index in [9.17, 15) is 19.5 Å². The number of nitrogens with zero attached hydrogens (tertiary/aromatic N) is 3. The third kappa shape index (κ3) is 7.99. The van der Waals surface area contributed by atoms with E-state index in [0.717, 1.165) is 18.4 Å². The number of carboxylic acids is 1. The molecule has 262 valence electrons. The SMILES string of the molecule is CCCCc1c(-c2ccc(C(=O)OC(C)(C)C)cc2C(=O)N2CCc3ccccc3C2)c(C(=O)O)nn1-c1ccc(Oc2cccc(Cl)c2)cc1. The molecule has 1 aliphatic rings. The van der Waals surface area contributed by atoms with Crippen molar-refractivity contribution in [3.63, 3.8) is 0 Å². The summed E-state index contributed by atoms with van der Waals surface area (Å²) in [4.78, 5) is 42.5. The van der Waals surface area contributed by atoms with E-state index in [1.807, 2.05) is 18.2 Å². The second-order valence-electron chi connectivity index (χ2n) is 13.6. The normalized spacial score (nSPS) is 12.7. The first-order chi connectivity index (χ1) is 24.4. The Hall–Kier alpha value is -5.41. The molecule has 0 fully saturated rings. The van der Waals surface area contributed by atoms with Gasteiger partial charge in [0.2, 0.25) is 0 Å². The lowest BCUT2D eigenvalue weighted by molar-refractivity contribution is 0.00692. The van der Waals surface area contributed by atoms with E-state index in [-0.39, 0.29) is 22.7 Å². The Balaban J connectivity index is 1.47. The van der Waals surface area contributed by atoms with Gasteiger partial charge >= 0.3 is 11.9 Å². The number of benzene rings is 4. The van der Waals surface area contributed by atoms with Crippen LogP contribution in [0.2, 0.25) is 5.02 Å². The lowest BCUT2D eigenvalue weighted by atomic mass is 9.92. The van der Waals surface area contributed by atoms with Crippen LogP contribution in [-0.2, 0) is 24.1 Å². The molecular formula is C41H40ClN3O6. The number of carbonyl (C=O) groups excluding carboxylic acids is 2. The molecule has 0 saturated carbocycles. The van der Waals surface area contributed by atoms with Crippen molar-refractivity contribution in [1.82, 2.24) is 14.7 Å². The van der Waals surface area contributed by atoms with Gasteiger partial charge in [0.1, 0.15) is 17.1 Å². The fourth-order valence-electron chi connectivity index (χ4n) is 6.24. The average Bonchev–Trinajstić information content (AvgIpc) is 3.49. The minimum atomic E-state index is -1.23. The van der Waals surface area contributed by atoms with Gasteiger partial charge < -0.3 is 19.5 Å². The highest BCUT2D eigenvalue weighted by Crippen LogP contribution is 2.36. The number of fused-ring (bicyclic) bond motifs is 1. The van der Waals surface area contributed by atoms with Crippen LogP contribution in [0, 0.1) is 0 Å². The highest BCUT2D eigenvalue weighted by Gasteiger charge is 2.31. The number of amides is 1. The first-order valence-electron chi connectivity index (χ1n) is 17.0. The molecule has 1 amide bonds. The number of aromatic nitrogens is 2. The number of esters is 1. The molecule has 0 spiro atoms. The summed E-state index contributed by atoms with van der Waals surface area (Å²) in [6.45, 7) is 8.25. The first-order valence-corrected chi connectivity index (χ1v) is 17.4. The molecule has 1 aromatic heterocycles. The van der Waals surface area contributed by atoms with E-state index in [1.165, 1.54) is 11.6 Å². The highest BCUT2D eigenvalue weighted by atomic mass is 35.5. The van der Waals surface area contributed by atoms with Crippen molar-refractivity contribution in [3.8, 4) is 28.3 Å². The summed E-state index contributed by atoms with van der Waals surface area (Å²) in [6.07, 6.45) is 2.76. The molecule has 0 bridgehead atoms. The summed E-state index contributed by atoms with van der Waals surface area (Å²) >= 11 is 6.13. The molecule has 0 saturated heterocycles. The smallest absolute Gasteiger partial charge is 0.357 e. The largest absolute Gasteiger partial charge is 0.476 e. The third-order valence-electron chi connectivity index (χ3n) is 8.64. The minimum absolute atomic E-state index is 0.191. The summed E-state index contributed by atoms with van der Waals surface area (Å²) in [6, 6.07) is 27.0. The van der Waals surface area contributed by atoms with Crippen molar-refractivity contribution in [1.29, 1.82) is 0 Å². The van der Waals surface area contributed by atoms with Gasteiger partial charge in [-0.05, 0) is 111 Å². The lowest BCUT2D eigenvalue weighted by Crippen LogP contribution is -2.36. The number of carbonyl (C=O) groups is 3. The Morgan fingerprint density at radius 1 is 0.902 bits per heavy atom. The van der Waals surface area contributed by atoms with Crippen LogP contribution in [0.5, 0.6) is 11.5 Å². The van der Waals surface area contributed by atoms with Gasteiger partial charge in [0.25, 0.3) is 5.91 Å². The van der Waals surface area contributed by atoms with Gasteiger partial charge in [-0.1, -0.05) is 61.3 Å². The number of ether oxygens (including phenoxy) is 2. The summed E-state index contributed by atoms with van der Waals surface area (Å²) < 4.78 is 13.3. The van der Waals surface area contributed by atoms with E-state index in [1.54, 1.807) is 91.0 Å². The van der Waals surface area contributed by atoms with Crippen molar-refractivity contribution in [2.24, 2.45) is 0 Å². The van der Waals surface area contributed by atoms with Crippen LogP contribution in [-0.4, -0.2) is 49.8 Å². The maximum Gasteiger partial charge on any atom is 0.357 e. The monoisotopic (exact) mass is 705 g/mol. The van der Waals surface area contributed by atoms with Crippen LogP contribution in [0.15, 0.2) is 91.0 Å². The van der Waals surface area contributed by atoms with Crippen molar-refractivity contribution in [2.75, 3.05) is 6.54 Å². The molecule has 0 radical (unpaired) electrons. The fraction of sp³-hybridized carbons (Fsp3) is 0.268. The molecular weight excluding hydrogens is 666 g/mol. The molecule has 9 nitrogen and oxygen atoms in total. The average molecular weight is 706 g/mol. The second kappa shape index (κ2) is 14.8. The van der Waals surface area contributed by atoms with Crippen molar-refractivity contribution in [3.05, 3.63) is 130 Å². The maximum atomic E-state index is 14.5. The maximum absolute atomic E-state index is 14.5. The molecule has 4 aromatic carbocycles. The van der Waals surface area contributed by atoms with Crippen LogP contribution in [0.1, 0.15) is 88.6 Å². The van der Waals surface area contributed by atoms with E-state index >= 15 is 0 Å². The predicted octanol–water partition coefficient (Wildman–Crippen LogP) is 9.18. The molecule has 1 N–H and O–H groups in total. The topological polar surface area (TPSA) is 111 Å². The summed E-state index contributed by atoms with van der Waals surface area (Å²) in [7, 11) is 0. The van der Waals surface area contributed by atoms with Gasteiger partial charge in [0.05, 0.1) is 16.9 Å². The van der Waals surface area contributed by atoms with Gasteiger partial charge in [-0.3, -0.25) is 4.79 Å². The molecule has 0 aliphatic carbocycles. The molecule has 10 heteroatoms. The van der Waals surface area contributed by atoms with E-state index in [2.05, 4.69) is 18.1 Å². The van der Waals surface area contributed by atoms with Gasteiger partial charge in [0.15, 0.2) is 5.69 Å². The standard InChI is InChI=1S/C41H40ClN3O6/c1-5-6-14-35-36(37(39(47)48)43-45(35)30-16-18-31(19-17-30)50-32-13-9-12-29(42)24-32)33-20-15-27(40(49)51-41(2,3)4)23-34(33)38(46)44-22-21-26-10-7-8-11-28(26)25-44/h7-13,15-20,23-24H,5-6,14,21-22,25H2,1-4H3,(H,47,48). The molecule has 51 heavy (non-hydrogen) atoms. The highest BCUT2D eigenvalue weighted by molar-refractivity contribution is 6.30. The van der Waals surface area contributed by atoms with E-state index in [4.69, 9.17) is 21.1 Å². The zero-order valence-corrected chi connectivity index (χ0v) is 29.9. The number of rotatable bonds is 10. The second-order valence-corrected chi connectivity index (χ2v) is 14.0. The molecule has 1 aliphatic heterocycles. The van der Waals surface area contributed by atoms with Gasteiger partial charge in [-0.25, -0.2) is 14.3 Å². The van der Waals surface area contributed by atoms with E-state index in [0.29, 0.717) is 65.0 Å². The Bertz CT molecular complexity index is 2100. The Morgan fingerprint density at radius 3 is 2.33 bits per heavy atom. The van der Waals surface area contributed by atoms with Crippen LogP contribution < -0.4 is 4.74 Å². The van der Waals surface area contributed by atoms with Crippen molar-refractivity contribution < 1.29 is 29.0 Å². The third-order valence-corrected chi connectivity index (χ3v) is 8.87. The predicted molar refractivity (Wildman–Crippen MR) is 196 cm³/mol. The summed E-state index contributed by atoms with van der Waals surface area (Å²) in [5.74, 6) is -0.970. The van der Waals surface area contributed by atoms with Gasteiger partial charge in [-0.15, -0.1) is 0 Å². The Morgan fingerprint density at radius 2 is 1.65 bits per heavy atom. The number of unbranched alkanes of at least 4 members (excludes halogenated alkanes) is 1. The molecule has 0 atom stereocenters. The van der Waals surface area contributed by atoms with Crippen LogP contribution in [0.3, 0.4) is 0 Å². The van der Waals surface area contributed by atoms with Crippen molar-refractivity contribution >= 4 is 29.4 Å². The summed E-state index contributed by atoms with van der Waals surface area (Å²) in [5.41, 5.74) is 3.69.